The molecule has 0 aliphatic rings. The van der Waals surface area contributed by atoms with E-state index in [1.807, 2.05) is 42.2 Å². The Balaban J connectivity index is 2.34. The quantitative estimate of drug-likeness (QED) is 0.786. The standard InChI is InChI=1S/C17H20F2N2/c1-2-10-21(12-13-6-4-3-5-7-13)16-9-8-14(20)11-15(16)17(18)19/h3-9,11,17H,2,10,12,20H2,1H3. The summed E-state index contributed by atoms with van der Waals surface area (Å²) in [5, 5.41) is 0. The predicted octanol–water partition coefficient (Wildman–Crippen LogP) is 4.62. The van der Waals surface area contributed by atoms with Crippen LogP contribution in [0.4, 0.5) is 20.2 Å². The lowest BCUT2D eigenvalue weighted by molar-refractivity contribution is 0.152. The molecule has 0 spiro atoms. The monoisotopic (exact) mass is 290 g/mol. The van der Waals surface area contributed by atoms with Crippen LogP contribution in [0, 0.1) is 0 Å². The van der Waals surface area contributed by atoms with Crippen molar-refractivity contribution >= 4 is 11.4 Å². The van der Waals surface area contributed by atoms with Crippen molar-refractivity contribution in [2.75, 3.05) is 17.2 Å². The van der Waals surface area contributed by atoms with E-state index < -0.39 is 6.43 Å². The van der Waals surface area contributed by atoms with Crippen molar-refractivity contribution in [1.29, 1.82) is 0 Å². The molecule has 0 unspecified atom stereocenters. The third kappa shape index (κ3) is 3.94. The van der Waals surface area contributed by atoms with Crippen LogP contribution in [0.2, 0.25) is 0 Å². The van der Waals surface area contributed by atoms with Crippen molar-refractivity contribution in [3.05, 3.63) is 59.7 Å². The molecule has 0 atom stereocenters. The van der Waals surface area contributed by atoms with Gasteiger partial charge in [-0.05, 0) is 30.2 Å². The Labute approximate surface area is 124 Å². The third-order valence-corrected chi connectivity index (χ3v) is 3.34. The van der Waals surface area contributed by atoms with Crippen molar-refractivity contribution in [1.82, 2.24) is 0 Å². The number of alkyl halides is 2. The van der Waals surface area contributed by atoms with Crippen LogP contribution in [0.1, 0.15) is 30.9 Å². The average Bonchev–Trinajstić information content (AvgIpc) is 2.48. The van der Waals surface area contributed by atoms with Gasteiger partial charge in [0.05, 0.1) is 0 Å². The van der Waals surface area contributed by atoms with Crippen LogP contribution in [-0.2, 0) is 6.54 Å². The summed E-state index contributed by atoms with van der Waals surface area (Å²) < 4.78 is 26.5. The van der Waals surface area contributed by atoms with Crippen LogP contribution in [0.3, 0.4) is 0 Å². The minimum absolute atomic E-state index is 0.000573. The zero-order valence-corrected chi connectivity index (χ0v) is 12.1. The molecule has 0 aliphatic heterocycles. The number of hydrogen-bond acceptors (Lipinski definition) is 2. The van der Waals surface area contributed by atoms with Gasteiger partial charge in [-0.15, -0.1) is 0 Å². The van der Waals surface area contributed by atoms with Crippen molar-refractivity contribution in [2.24, 2.45) is 0 Å². The van der Waals surface area contributed by atoms with E-state index in [0.29, 0.717) is 17.9 Å². The number of nitrogens with zero attached hydrogens (tertiary/aromatic N) is 1. The van der Waals surface area contributed by atoms with Gasteiger partial charge in [-0.25, -0.2) is 8.78 Å². The maximum Gasteiger partial charge on any atom is 0.265 e. The number of halogens is 2. The molecule has 0 heterocycles. The smallest absolute Gasteiger partial charge is 0.265 e. The highest BCUT2D eigenvalue weighted by Crippen LogP contribution is 2.32. The topological polar surface area (TPSA) is 29.3 Å². The molecule has 4 heteroatoms. The molecule has 112 valence electrons. The van der Waals surface area contributed by atoms with E-state index in [4.69, 9.17) is 5.73 Å². The molecule has 0 saturated carbocycles. The Kier molecular flexibility index (Phi) is 5.14. The van der Waals surface area contributed by atoms with E-state index in [2.05, 4.69) is 0 Å². The number of anilines is 2. The van der Waals surface area contributed by atoms with Crippen LogP contribution in [0.15, 0.2) is 48.5 Å². The second kappa shape index (κ2) is 7.07. The van der Waals surface area contributed by atoms with Crippen molar-refractivity contribution in [3.63, 3.8) is 0 Å². The first kappa shape index (κ1) is 15.3. The van der Waals surface area contributed by atoms with E-state index in [1.54, 1.807) is 12.1 Å². The number of nitrogen functional groups attached to an aromatic ring is 1. The molecule has 0 aliphatic carbocycles. The number of hydrogen-bond donors (Lipinski definition) is 1. The summed E-state index contributed by atoms with van der Waals surface area (Å²) in [6.07, 6.45) is -1.64. The van der Waals surface area contributed by atoms with Gasteiger partial charge in [0.1, 0.15) is 0 Å². The molecule has 0 fully saturated rings. The van der Waals surface area contributed by atoms with Crippen molar-refractivity contribution < 1.29 is 8.78 Å². The molecule has 0 aromatic heterocycles. The minimum atomic E-state index is -2.53. The highest BCUT2D eigenvalue weighted by Gasteiger charge is 2.18. The van der Waals surface area contributed by atoms with Crippen molar-refractivity contribution in [2.45, 2.75) is 26.3 Å². The van der Waals surface area contributed by atoms with Crippen LogP contribution < -0.4 is 10.6 Å². The molecule has 2 rings (SSSR count). The van der Waals surface area contributed by atoms with Crippen molar-refractivity contribution in [3.8, 4) is 0 Å². The molecule has 2 nitrogen and oxygen atoms in total. The first-order chi connectivity index (χ1) is 10.1. The second-order valence-corrected chi connectivity index (χ2v) is 5.03. The van der Waals surface area contributed by atoms with E-state index in [9.17, 15) is 8.78 Å². The lowest BCUT2D eigenvalue weighted by atomic mass is 10.1. The maximum atomic E-state index is 13.3. The van der Waals surface area contributed by atoms with E-state index in [0.717, 1.165) is 18.5 Å². The van der Waals surface area contributed by atoms with Crippen LogP contribution in [0.25, 0.3) is 0 Å². The van der Waals surface area contributed by atoms with Gasteiger partial charge in [0.15, 0.2) is 0 Å². The summed E-state index contributed by atoms with van der Waals surface area (Å²) in [7, 11) is 0. The van der Waals surface area contributed by atoms with Gasteiger partial charge >= 0.3 is 0 Å². The fourth-order valence-corrected chi connectivity index (χ4v) is 2.39. The average molecular weight is 290 g/mol. The van der Waals surface area contributed by atoms with Crippen LogP contribution in [-0.4, -0.2) is 6.54 Å². The minimum Gasteiger partial charge on any atom is -0.399 e. The highest BCUT2D eigenvalue weighted by atomic mass is 19.3. The lowest BCUT2D eigenvalue weighted by Gasteiger charge is -2.27. The first-order valence-corrected chi connectivity index (χ1v) is 7.08. The van der Waals surface area contributed by atoms with E-state index in [1.165, 1.54) is 6.07 Å². The lowest BCUT2D eigenvalue weighted by Crippen LogP contribution is -2.24. The van der Waals surface area contributed by atoms with Gasteiger partial charge in [-0.1, -0.05) is 37.3 Å². The van der Waals surface area contributed by atoms with Gasteiger partial charge in [0, 0.05) is 30.0 Å². The molecule has 0 amide bonds. The van der Waals surface area contributed by atoms with Gasteiger partial charge in [-0.3, -0.25) is 0 Å². The molecule has 0 bridgehead atoms. The zero-order valence-electron chi connectivity index (χ0n) is 12.1. The van der Waals surface area contributed by atoms with Gasteiger partial charge in [0.2, 0.25) is 0 Å². The molecule has 0 radical (unpaired) electrons. The van der Waals surface area contributed by atoms with Crippen LogP contribution >= 0.6 is 0 Å². The Morgan fingerprint density at radius 1 is 1.10 bits per heavy atom. The molecule has 2 aromatic carbocycles. The normalized spacial score (nSPS) is 10.9. The summed E-state index contributed by atoms with van der Waals surface area (Å²) in [4.78, 5) is 1.98. The zero-order chi connectivity index (χ0) is 15.2. The Morgan fingerprint density at radius 2 is 1.81 bits per heavy atom. The summed E-state index contributed by atoms with van der Waals surface area (Å²) in [5.41, 5.74) is 7.67. The van der Waals surface area contributed by atoms with Crippen LogP contribution in [0.5, 0.6) is 0 Å². The summed E-state index contributed by atoms with van der Waals surface area (Å²) >= 11 is 0. The Hall–Kier alpha value is -2.10. The summed E-state index contributed by atoms with van der Waals surface area (Å²) in [6.45, 7) is 3.37. The molecular formula is C17H20F2N2. The number of nitrogens with two attached hydrogens (primary N) is 1. The Morgan fingerprint density at radius 3 is 2.43 bits per heavy atom. The fourth-order valence-electron chi connectivity index (χ4n) is 2.39. The van der Waals surface area contributed by atoms with Gasteiger partial charge in [0.25, 0.3) is 6.43 Å². The highest BCUT2D eigenvalue weighted by molar-refractivity contribution is 5.60. The largest absolute Gasteiger partial charge is 0.399 e. The third-order valence-electron chi connectivity index (χ3n) is 3.34. The summed E-state index contributed by atoms with van der Waals surface area (Å²) in [5.74, 6) is 0. The Bertz CT molecular complexity index is 570. The maximum absolute atomic E-state index is 13.3. The van der Waals surface area contributed by atoms with E-state index in [-0.39, 0.29) is 5.56 Å². The molecule has 2 N–H and O–H groups in total. The molecule has 2 aromatic rings. The predicted molar refractivity (Wildman–Crippen MR) is 83.6 cm³/mol. The van der Waals surface area contributed by atoms with Gasteiger partial charge in [-0.2, -0.15) is 0 Å². The first-order valence-electron chi connectivity index (χ1n) is 7.08. The van der Waals surface area contributed by atoms with E-state index >= 15 is 0 Å². The molecular weight excluding hydrogens is 270 g/mol. The molecule has 21 heavy (non-hydrogen) atoms. The number of rotatable bonds is 6. The molecule has 0 saturated heterocycles. The SMILES string of the molecule is CCCN(Cc1ccccc1)c1ccc(N)cc1C(F)F. The summed E-state index contributed by atoms with van der Waals surface area (Å²) in [6, 6.07) is 14.6. The second-order valence-electron chi connectivity index (χ2n) is 5.03. The van der Waals surface area contributed by atoms with Gasteiger partial charge < -0.3 is 10.6 Å². The fraction of sp³-hybridized carbons (Fsp3) is 0.294. The number of benzene rings is 2.